The summed E-state index contributed by atoms with van der Waals surface area (Å²) in [5.41, 5.74) is 2.24. The van der Waals surface area contributed by atoms with E-state index in [1.807, 2.05) is 31.2 Å². The zero-order valence-electron chi connectivity index (χ0n) is 13.7. The van der Waals surface area contributed by atoms with Crippen molar-refractivity contribution in [2.45, 2.75) is 32.9 Å². The van der Waals surface area contributed by atoms with Gasteiger partial charge in [0.25, 0.3) is 0 Å². The van der Waals surface area contributed by atoms with Crippen LogP contribution < -0.4 is 10.6 Å². The molecule has 0 aliphatic heterocycles. The van der Waals surface area contributed by atoms with Crippen molar-refractivity contribution in [2.75, 3.05) is 6.54 Å². The number of nitrogens with one attached hydrogen (secondary N) is 2. The Labute approximate surface area is 136 Å². The Morgan fingerprint density at radius 1 is 1.22 bits per heavy atom. The normalized spacial score (nSPS) is 13.6. The topological polar surface area (TPSA) is 74.5 Å². The standard InChI is InChI=1S/C18H24N2O3/c1-12(2)17(14-8-5-4-7-13(14)3)20-18(22)19-11-15(21)16-9-6-10-23-16/h4-10,12,15,17,21H,11H2,1-3H3,(H2,19,20,22). The Hall–Kier alpha value is -2.27. The summed E-state index contributed by atoms with van der Waals surface area (Å²) in [6, 6.07) is 11.0. The molecule has 23 heavy (non-hydrogen) atoms. The number of aryl methyl sites for hydroxylation is 1. The lowest BCUT2D eigenvalue weighted by atomic mass is 9.93. The number of carbonyl (C=O) groups is 1. The van der Waals surface area contributed by atoms with E-state index in [1.165, 1.54) is 6.26 Å². The van der Waals surface area contributed by atoms with Gasteiger partial charge in [-0.15, -0.1) is 0 Å². The van der Waals surface area contributed by atoms with Gasteiger partial charge in [0.1, 0.15) is 11.9 Å². The number of aliphatic hydroxyl groups excluding tert-OH is 1. The third-order valence-corrected chi connectivity index (χ3v) is 3.80. The third kappa shape index (κ3) is 4.60. The van der Waals surface area contributed by atoms with E-state index >= 15 is 0 Å². The van der Waals surface area contributed by atoms with Gasteiger partial charge < -0.3 is 20.2 Å². The zero-order chi connectivity index (χ0) is 16.8. The number of hydrogen-bond acceptors (Lipinski definition) is 3. The summed E-state index contributed by atoms with van der Waals surface area (Å²) in [5.74, 6) is 0.682. The largest absolute Gasteiger partial charge is 0.467 e. The van der Waals surface area contributed by atoms with Crippen LogP contribution in [0.2, 0.25) is 0 Å². The highest BCUT2D eigenvalue weighted by molar-refractivity contribution is 5.74. The third-order valence-electron chi connectivity index (χ3n) is 3.80. The highest BCUT2D eigenvalue weighted by Gasteiger charge is 2.20. The second-order valence-corrected chi connectivity index (χ2v) is 5.96. The van der Waals surface area contributed by atoms with Gasteiger partial charge in [-0.2, -0.15) is 0 Å². The SMILES string of the molecule is Cc1ccccc1C(NC(=O)NCC(O)c1ccco1)C(C)C. The van der Waals surface area contributed by atoms with Crippen LogP contribution in [0.5, 0.6) is 0 Å². The molecule has 2 amide bonds. The summed E-state index contributed by atoms with van der Waals surface area (Å²) >= 11 is 0. The molecular formula is C18H24N2O3. The minimum absolute atomic E-state index is 0.0862. The van der Waals surface area contributed by atoms with Crippen molar-refractivity contribution in [2.24, 2.45) is 5.92 Å². The molecule has 5 heteroatoms. The predicted octanol–water partition coefficient (Wildman–Crippen LogP) is 3.32. The van der Waals surface area contributed by atoms with Gasteiger partial charge in [0.05, 0.1) is 18.8 Å². The first kappa shape index (κ1) is 17.1. The van der Waals surface area contributed by atoms with E-state index in [-0.39, 0.29) is 24.5 Å². The zero-order valence-corrected chi connectivity index (χ0v) is 13.7. The number of amides is 2. The molecule has 0 saturated carbocycles. The molecule has 5 nitrogen and oxygen atoms in total. The first-order valence-electron chi connectivity index (χ1n) is 7.80. The summed E-state index contributed by atoms with van der Waals surface area (Å²) in [6.45, 7) is 6.26. The van der Waals surface area contributed by atoms with E-state index in [4.69, 9.17) is 4.42 Å². The Morgan fingerprint density at radius 3 is 2.57 bits per heavy atom. The summed E-state index contributed by atoms with van der Waals surface area (Å²) in [5, 5.41) is 15.6. The van der Waals surface area contributed by atoms with Gasteiger partial charge in [-0.3, -0.25) is 0 Å². The average molecular weight is 316 g/mol. The van der Waals surface area contributed by atoms with Crippen LogP contribution in [0.1, 0.15) is 42.9 Å². The quantitative estimate of drug-likeness (QED) is 0.765. The maximum atomic E-state index is 12.2. The van der Waals surface area contributed by atoms with Gasteiger partial charge in [0.15, 0.2) is 0 Å². The van der Waals surface area contributed by atoms with Gasteiger partial charge >= 0.3 is 6.03 Å². The molecule has 1 aromatic heterocycles. The number of urea groups is 1. The molecule has 0 saturated heterocycles. The van der Waals surface area contributed by atoms with E-state index in [0.717, 1.165) is 11.1 Å². The number of benzene rings is 1. The number of aliphatic hydroxyl groups is 1. The molecular weight excluding hydrogens is 292 g/mol. The van der Waals surface area contributed by atoms with Crippen LogP contribution >= 0.6 is 0 Å². The van der Waals surface area contributed by atoms with Crippen molar-refractivity contribution in [1.82, 2.24) is 10.6 Å². The fourth-order valence-corrected chi connectivity index (χ4v) is 2.50. The summed E-state index contributed by atoms with van der Waals surface area (Å²) in [4.78, 5) is 12.2. The molecule has 0 bridgehead atoms. The van der Waals surface area contributed by atoms with Crippen LogP contribution in [0.25, 0.3) is 0 Å². The smallest absolute Gasteiger partial charge is 0.315 e. The fraction of sp³-hybridized carbons (Fsp3) is 0.389. The van der Waals surface area contributed by atoms with Crippen molar-refractivity contribution in [3.63, 3.8) is 0 Å². The van der Waals surface area contributed by atoms with Crippen molar-refractivity contribution >= 4 is 6.03 Å². The minimum atomic E-state index is -0.855. The Balaban J connectivity index is 1.95. The van der Waals surface area contributed by atoms with E-state index in [0.29, 0.717) is 5.76 Å². The van der Waals surface area contributed by atoms with Crippen molar-refractivity contribution in [1.29, 1.82) is 0 Å². The average Bonchev–Trinajstić information content (AvgIpc) is 3.05. The maximum Gasteiger partial charge on any atom is 0.315 e. The number of hydrogen-bond donors (Lipinski definition) is 3. The van der Waals surface area contributed by atoms with Crippen LogP contribution in [0.3, 0.4) is 0 Å². The van der Waals surface area contributed by atoms with Crippen LogP contribution in [-0.2, 0) is 0 Å². The van der Waals surface area contributed by atoms with Crippen molar-refractivity contribution in [3.8, 4) is 0 Å². The molecule has 3 N–H and O–H groups in total. The monoisotopic (exact) mass is 316 g/mol. The lowest BCUT2D eigenvalue weighted by Crippen LogP contribution is -2.41. The maximum absolute atomic E-state index is 12.2. The van der Waals surface area contributed by atoms with Crippen molar-refractivity contribution < 1.29 is 14.3 Å². The van der Waals surface area contributed by atoms with E-state index in [9.17, 15) is 9.90 Å². The van der Waals surface area contributed by atoms with Crippen molar-refractivity contribution in [3.05, 3.63) is 59.5 Å². The Kier molecular flexibility index (Phi) is 5.82. The molecule has 124 valence electrons. The molecule has 0 radical (unpaired) electrons. The van der Waals surface area contributed by atoms with E-state index in [1.54, 1.807) is 12.1 Å². The predicted molar refractivity (Wildman–Crippen MR) is 89.0 cm³/mol. The van der Waals surface area contributed by atoms with Gasteiger partial charge in [-0.05, 0) is 36.1 Å². The van der Waals surface area contributed by atoms with Crippen LogP contribution in [-0.4, -0.2) is 17.7 Å². The van der Waals surface area contributed by atoms with E-state index < -0.39 is 6.10 Å². The van der Waals surface area contributed by atoms with Crippen LogP contribution in [0, 0.1) is 12.8 Å². The van der Waals surface area contributed by atoms with Gasteiger partial charge in [0.2, 0.25) is 0 Å². The molecule has 1 heterocycles. The minimum Gasteiger partial charge on any atom is -0.467 e. The summed E-state index contributed by atoms with van der Waals surface area (Å²) in [7, 11) is 0. The summed E-state index contributed by atoms with van der Waals surface area (Å²) < 4.78 is 5.11. The first-order chi connectivity index (χ1) is 11.0. The number of rotatable bonds is 6. The molecule has 0 spiro atoms. The molecule has 2 rings (SSSR count). The highest BCUT2D eigenvalue weighted by atomic mass is 16.4. The van der Waals surface area contributed by atoms with Gasteiger partial charge in [0, 0.05) is 0 Å². The lowest BCUT2D eigenvalue weighted by molar-refractivity contribution is 0.147. The molecule has 0 aliphatic rings. The van der Waals surface area contributed by atoms with Crippen LogP contribution in [0.15, 0.2) is 47.1 Å². The van der Waals surface area contributed by atoms with Gasteiger partial charge in [-0.25, -0.2) is 4.79 Å². The molecule has 2 atom stereocenters. The Bertz CT molecular complexity index is 623. The fourth-order valence-electron chi connectivity index (χ4n) is 2.50. The molecule has 0 fully saturated rings. The van der Waals surface area contributed by atoms with Crippen LogP contribution in [0.4, 0.5) is 4.79 Å². The van der Waals surface area contributed by atoms with E-state index in [2.05, 4.69) is 24.5 Å². The first-order valence-corrected chi connectivity index (χ1v) is 7.80. The second kappa shape index (κ2) is 7.83. The molecule has 0 aliphatic carbocycles. The second-order valence-electron chi connectivity index (χ2n) is 5.96. The highest BCUT2D eigenvalue weighted by Crippen LogP contribution is 2.24. The Morgan fingerprint density at radius 2 is 1.96 bits per heavy atom. The number of furan rings is 1. The lowest BCUT2D eigenvalue weighted by Gasteiger charge is -2.25. The molecule has 2 unspecified atom stereocenters. The number of carbonyl (C=O) groups excluding carboxylic acids is 1. The molecule has 2 aromatic rings. The van der Waals surface area contributed by atoms with Gasteiger partial charge in [-0.1, -0.05) is 38.1 Å². The molecule has 1 aromatic carbocycles. The summed E-state index contributed by atoms with van der Waals surface area (Å²) in [6.07, 6.45) is 0.637.